The van der Waals surface area contributed by atoms with Crippen LogP contribution in [-0.2, 0) is 12.8 Å². The highest BCUT2D eigenvalue weighted by atomic mass is 19.4. The molecule has 1 aromatic heterocycles. The Hall–Kier alpha value is -1.20. The van der Waals surface area contributed by atoms with E-state index in [4.69, 9.17) is 4.74 Å². The lowest BCUT2D eigenvalue weighted by Gasteiger charge is -2.23. The van der Waals surface area contributed by atoms with Gasteiger partial charge in [0.2, 0.25) is 0 Å². The molecule has 1 unspecified atom stereocenters. The average molecular weight is 220 g/mol. The van der Waals surface area contributed by atoms with Crippen LogP contribution in [-0.4, -0.2) is 23.3 Å². The van der Waals surface area contributed by atoms with E-state index in [2.05, 4.69) is 9.97 Å². The van der Waals surface area contributed by atoms with Crippen LogP contribution in [0.5, 0.6) is 6.01 Å². The number of aromatic amines is 1. The van der Waals surface area contributed by atoms with Crippen LogP contribution in [0.4, 0.5) is 13.2 Å². The Morgan fingerprint density at radius 2 is 2.20 bits per heavy atom. The van der Waals surface area contributed by atoms with Crippen molar-refractivity contribution >= 4 is 0 Å². The zero-order valence-electron chi connectivity index (χ0n) is 8.19. The summed E-state index contributed by atoms with van der Waals surface area (Å²) < 4.78 is 42.2. The fourth-order valence-electron chi connectivity index (χ4n) is 1.83. The van der Waals surface area contributed by atoms with E-state index in [0.29, 0.717) is 23.8 Å². The number of aromatic nitrogens is 2. The zero-order valence-corrected chi connectivity index (χ0v) is 8.19. The van der Waals surface area contributed by atoms with E-state index in [-0.39, 0.29) is 12.8 Å². The molecule has 0 saturated heterocycles. The molecule has 2 rings (SSSR count). The number of hydrogen-bond acceptors (Lipinski definition) is 2. The summed E-state index contributed by atoms with van der Waals surface area (Å²) in [6.45, 7) is 0. The average Bonchev–Trinajstić information content (AvgIpc) is 2.57. The number of rotatable bonds is 1. The second kappa shape index (κ2) is 3.43. The highest BCUT2D eigenvalue weighted by molar-refractivity contribution is 5.21. The Balaban J connectivity index is 2.19. The molecule has 84 valence electrons. The van der Waals surface area contributed by atoms with Gasteiger partial charge in [0.25, 0.3) is 6.01 Å². The number of imidazole rings is 1. The SMILES string of the molecule is COc1nc2c([nH]1)CC(C(F)(F)F)CC2. The Kier molecular flexibility index (Phi) is 2.36. The molecule has 0 aliphatic heterocycles. The summed E-state index contributed by atoms with van der Waals surface area (Å²) in [5.74, 6) is -1.25. The molecule has 0 radical (unpaired) electrons. The van der Waals surface area contributed by atoms with Gasteiger partial charge < -0.3 is 9.72 Å². The first-order chi connectivity index (χ1) is 7.00. The van der Waals surface area contributed by atoms with Crippen molar-refractivity contribution in [3.63, 3.8) is 0 Å². The predicted octanol–water partition coefficient (Wildman–Crippen LogP) is 2.09. The van der Waals surface area contributed by atoms with Crippen molar-refractivity contribution in [2.75, 3.05) is 7.11 Å². The molecule has 0 bridgehead atoms. The number of hydrogen-bond donors (Lipinski definition) is 1. The van der Waals surface area contributed by atoms with Gasteiger partial charge in [0.1, 0.15) is 0 Å². The third kappa shape index (κ3) is 1.93. The minimum Gasteiger partial charge on any atom is -0.468 e. The molecule has 0 aromatic carbocycles. The molecule has 1 aliphatic rings. The van der Waals surface area contributed by atoms with Gasteiger partial charge in [0.15, 0.2) is 0 Å². The summed E-state index contributed by atoms with van der Waals surface area (Å²) in [6.07, 6.45) is -3.66. The first-order valence-electron chi connectivity index (χ1n) is 4.69. The fraction of sp³-hybridized carbons (Fsp3) is 0.667. The predicted molar refractivity (Wildman–Crippen MR) is 46.7 cm³/mol. The summed E-state index contributed by atoms with van der Waals surface area (Å²) in [6, 6.07) is 0.294. The second-order valence-electron chi connectivity index (χ2n) is 3.65. The van der Waals surface area contributed by atoms with Gasteiger partial charge in [-0.1, -0.05) is 0 Å². The van der Waals surface area contributed by atoms with E-state index in [0.717, 1.165) is 0 Å². The van der Waals surface area contributed by atoms with Crippen LogP contribution >= 0.6 is 0 Å². The van der Waals surface area contributed by atoms with Crippen molar-refractivity contribution in [2.24, 2.45) is 5.92 Å². The molecule has 0 saturated carbocycles. The monoisotopic (exact) mass is 220 g/mol. The molecule has 15 heavy (non-hydrogen) atoms. The minimum atomic E-state index is -4.12. The highest BCUT2D eigenvalue weighted by Crippen LogP contribution is 2.36. The molecule has 1 heterocycles. The maximum Gasteiger partial charge on any atom is 0.392 e. The van der Waals surface area contributed by atoms with E-state index in [1.54, 1.807) is 0 Å². The van der Waals surface area contributed by atoms with Gasteiger partial charge in [-0.25, -0.2) is 4.98 Å². The largest absolute Gasteiger partial charge is 0.468 e. The van der Waals surface area contributed by atoms with E-state index in [9.17, 15) is 13.2 Å². The number of H-pyrrole nitrogens is 1. The summed E-state index contributed by atoms with van der Waals surface area (Å²) in [4.78, 5) is 6.79. The Labute approximate surface area is 84.7 Å². The first-order valence-corrected chi connectivity index (χ1v) is 4.69. The van der Waals surface area contributed by atoms with Gasteiger partial charge in [-0.05, 0) is 12.8 Å². The number of fused-ring (bicyclic) bond motifs is 1. The summed E-state index contributed by atoms with van der Waals surface area (Å²) in [7, 11) is 1.44. The number of halogens is 3. The molecular weight excluding hydrogens is 209 g/mol. The quantitative estimate of drug-likeness (QED) is 0.786. The van der Waals surface area contributed by atoms with Crippen LogP contribution in [0.3, 0.4) is 0 Å². The fourth-order valence-corrected chi connectivity index (χ4v) is 1.83. The molecule has 1 atom stereocenters. The number of methoxy groups -OCH3 is 1. The summed E-state index contributed by atoms with van der Waals surface area (Å²) in [5.41, 5.74) is 1.26. The number of nitrogens with one attached hydrogen (secondary N) is 1. The van der Waals surface area contributed by atoms with E-state index in [1.807, 2.05) is 0 Å². The van der Waals surface area contributed by atoms with Crippen LogP contribution in [0.1, 0.15) is 17.8 Å². The number of nitrogens with zero attached hydrogens (tertiary/aromatic N) is 1. The Bertz CT molecular complexity index is 359. The molecular formula is C9H11F3N2O. The molecule has 1 N–H and O–H groups in total. The zero-order chi connectivity index (χ0) is 11.1. The van der Waals surface area contributed by atoms with Crippen LogP contribution in [0.25, 0.3) is 0 Å². The van der Waals surface area contributed by atoms with Gasteiger partial charge in [-0.2, -0.15) is 13.2 Å². The lowest BCUT2D eigenvalue weighted by atomic mass is 9.89. The van der Waals surface area contributed by atoms with E-state index >= 15 is 0 Å². The lowest BCUT2D eigenvalue weighted by Crippen LogP contribution is -2.28. The maximum absolute atomic E-state index is 12.5. The molecule has 1 aromatic rings. The molecule has 0 spiro atoms. The van der Waals surface area contributed by atoms with Crippen molar-refractivity contribution < 1.29 is 17.9 Å². The van der Waals surface area contributed by atoms with Crippen LogP contribution in [0.15, 0.2) is 0 Å². The smallest absolute Gasteiger partial charge is 0.392 e. The first kappa shape index (κ1) is 10.3. The number of aryl methyl sites for hydroxylation is 1. The summed E-state index contributed by atoms with van der Waals surface area (Å²) in [5, 5.41) is 0. The van der Waals surface area contributed by atoms with Crippen LogP contribution in [0, 0.1) is 5.92 Å². The molecule has 6 heteroatoms. The second-order valence-corrected chi connectivity index (χ2v) is 3.65. The highest BCUT2D eigenvalue weighted by Gasteiger charge is 2.42. The molecule has 0 amide bonds. The summed E-state index contributed by atoms with van der Waals surface area (Å²) >= 11 is 0. The Morgan fingerprint density at radius 1 is 1.47 bits per heavy atom. The van der Waals surface area contributed by atoms with Crippen molar-refractivity contribution in [3.8, 4) is 6.01 Å². The minimum absolute atomic E-state index is 0.0187. The van der Waals surface area contributed by atoms with Gasteiger partial charge >= 0.3 is 6.18 Å². The molecule has 1 aliphatic carbocycles. The van der Waals surface area contributed by atoms with E-state index < -0.39 is 12.1 Å². The van der Waals surface area contributed by atoms with E-state index in [1.165, 1.54) is 7.11 Å². The third-order valence-corrected chi connectivity index (χ3v) is 2.68. The Morgan fingerprint density at radius 3 is 2.80 bits per heavy atom. The van der Waals surface area contributed by atoms with Crippen molar-refractivity contribution in [2.45, 2.75) is 25.4 Å². The van der Waals surface area contributed by atoms with Gasteiger partial charge in [0, 0.05) is 12.1 Å². The third-order valence-electron chi connectivity index (χ3n) is 2.68. The topological polar surface area (TPSA) is 37.9 Å². The molecule has 0 fully saturated rings. The van der Waals surface area contributed by atoms with Crippen LogP contribution < -0.4 is 4.74 Å². The van der Waals surface area contributed by atoms with Gasteiger partial charge in [-0.3, -0.25) is 0 Å². The normalized spacial score (nSPS) is 21.2. The van der Waals surface area contributed by atoms with Gasteiger partial charge in [-0.15, -0.1) is 0 Å². The maximum atomic E-state index is 12.5. The number of ether oxygens (including phenoxy) is 1. The molecule has 3 nitrogen and oxygen atoms in total. The van der Waals surface area contributed by atoms with Crippen LogP contribution in [0.2, 0.25) is 0 Å². The van der Waals surface area contributed by atoms with Crippen molar-refractivity contribution in [3.05, 3.63) is 11.4 Å². The number of alkyl halides is 3. The standard InChI is InChI=1S/C9H11F3N2O/c1-15-8-13-6-3-2-5(9(10,11)12)4-7(6)14-8/h5H,2-4H2,1H3,(H,13,14). The lowest BCUT2D eigenvalue weighted by molar-refractivity contribution is -0.177. The van der Waals surface area contributed by atoms with Crippen molar-refractivity contribution in [1.29, 1.82) is 0 Å². The van der Waals surface area contributed by atoms with Crippen molar-refractivity contribution in [1.82, 2.24) is 9.97 Å². The van der Waals surface area contributed by atoms with Gasteiger partial charge in [0.05, 0.1) is 18.7 Å².